The number of nitrogens with zero attached hydrogens (tertiary/aromatic N) is 4. The second kappa shape index (κ2) is 10.2. The Labute approximate surface area is 186 Å². The Morgan fingerprint density at radius 1 is 0.933 bits per heavy atom. The minimum atomic E-state index is 0.538. The zero-order valence-electron chi connectivity index (χ0n) is 16.7. The van der Waals surface area contributed by atoms with Crippen molar-refractivity contribution in [2.24, 2.45) is 0 Å². The molecule has 0 bridgehead atoms. The molecule has 0 unspecified atom stereocenters. The maximum atomic E-state index is 6.36. The van der Waals surface area contributed by atoms with Gasteiger partial charge in [-0.05, 0) is 48.8 Å². The average molecular weight is 446 g/mol. The number of piperazine rings is 1. The van der Waals surface area contributed by atoms with Gasteiger partial charge >= 0.3 is 0 Å². The third kappa shape index (κ3) is 5.25. The molecule has 8 heteroatoms. The second-order valence-electron chi connectivity index (χ2n) is 7.32. The van der Waals surface area contributed by atoms with Gasteiger partial charge in [-0.3, -0.25) is 4.90 Å². The van der Waals surface area contributed by atoms with E-state index in [1.807, 2.05) is 48.5 Å². The van der Waals surface area contributed by atoms with E-state index in [0.717, 1.165) is 63.4 Å². The molecule has 1 aliphatic rings. The van der Waals surface area contributed by atoms with Crippen molar-refractivity contribution in [1.82, 2.24) is 15.0 Å². The van der Waals surface area contributed by atoms with Gasteiger partial charge in [-0.1, -0.05) is 47.5 Å². The van der Waals surface area contributed by atoms with Crippen LogP contribution < -0.4 is 10.2 Å². The van der Waals surface area contributed by atoms with Crippen LogP contribution in [-0.2, 0) is 0 Å². The number of halogens is 2. The van der Waals surface area contributed by atoms with Crippen LogP contribution in [0.3, 0.4) is 0 Å². The van der Waals surface area contributed by atoms with E-state index < -0.39 is 0 Å². The highest BCUT2D eigenvalue weighted by Gasteiger charge is 2.19. The number of benzene rings is 2. The van der Waals surface area contributed by atoms with E-state index in [1.54, 1.807) is 0 Å². The standard InChI is InChI=1S/C22H25Cl2N5O/c23-18-9-6-10-19(20(18)24)29-15-13-28(14-16-29)12-5-4-11-25-22-26-21(30-27-22)17-7-2-1-3-8-17/h1-3,6-10H,4-5,11-16H2,(H,25,27). The van der Waals surface area contributed by atoms with Crippen LogP contribution in [0.1, 0.15) is 12.8 Å². The molecule has 1 N–H and O–H groups in total. The van der Waals surface area contributed by atoms with Crippen LogP contribution in [0.5, 0.6) is 0 Å². The molecule has 0 radical (unpaired) electrons. The van der Waals surface area contributed by atoms with Crippen molar-refractivity contribution in [2.75, 3.05) is 49.5 Å². The van der Waals surface area contributed by atoms with Crippen molar-refractivity contribution >= 4 is 34.8 Å². The zero-order valence-corrected chi connectivity index (χ0v) is 18.2. The van der Waals surface area contributed by atoms with E-state index in [2.05, 4.69) is 25.3 Å². The second-order valence-corrected chi connectivity index (χ2v) is 8.11. The molecule has 0 atom stereocenters. The van der Waals surface area contributed by atoms with Gasteiger partial charge in [0, 0.05) is 38.3 Å². The Bertz CT molecular complexity index is 942. The van der Waals surface area contributed by atoms with Crippen LogP contribution in [0, 0.1) is 0 Å². The summed E-state index contributed by atoms with van der Waals surface area (Å²) in [5.74, 6) is 1.08. The fourth-order valence-corrected chi connectivity index (χ4v) is 4.02. The number of unbranched alkanes of at least 4 members (excludes halogenated alkanes) is 1. The molecule has 4 rings (SSSR count). The molecule has 2 aromatic carbocycles. The number of rotatable bonds is 8. The van der Waals surface area contributed by atoms with Crippen LogP contribution in [0.25, 0.3) is 11.5 Å². The van der Waals surface area contributed by atoms with Gasteiger partial charge in [0.25, 0.3) is 11.8 Å². The van der Waals surface area contributed by atoms with E-state index in [1.165, 1.54) is 0 Å². The fourth-order valence-electron chi connectivity index (χ4n) is 3.60. The molecule has 1 saturated heterocycles. The van der Waals surface area contributed by atoms with Crippen molar-refractivity contribution in [3.63, 3.8) is 0 Å². The van der Waals surface area contributed by atoms with Gasteiger partial charge < -0.3 is 14.7 Å². The highest BCUT2D eigenvalue weighted by atomic mass is 35.5. The first-order valence-corrected chi connectivity index (χ1v) is 11.0. The van der Waals surface area contributed by atoms with Crippen molar-refractivity contribution < 1.29 is 4.52 Å². The lowest BCUT2D eigenvalue weighted by molar-refractivity contribution is 0.254. The highest BCUT2D eigenvalue weighted by Crippen LogP contribution is 2.32. The van der Waals surface area contributed by atoms with Crippen LogP contribution >= 0.6 is 23.2 Å². The fraction of sp³-hybridized carbons (Fsp3) is 0.364. The van der Waals surface area contributed by atoms with E-state index in [9.17, 15) is 0 Å². The molecule has 1 aromatic heterocycles. The van der Waals surface area contributed by atoms with Crippen molar-refractivity contribution in [2.45, 2.75) is 12.8 Å². The lowest BCUT2D eigenvalue weighted by Gasteiger charge is -2.36. The monoisotopic (exact) mass is 445 g/mol. The first-order chi connectivity index (χ1) is 14.7. The molecule has 0 aliphatic carbocycles. The molecule has 2 heterocycles. The lowest BCUT2D eigenvalue weighted by atomic mass is 10.2. The van der Waals surface area contributed by atoms with E-state index >= 15 is 0 Å². The highest BCUT2D eigenvalue weighted by molar-refractivity contribution is 6.43. The SMILES string of the molecule is Clc1cccc(N2CCN(CCCCNc3noc(-c4ccccc4)n3)CC2)c1Cl. The summed E-state index contributed by atoms with van der Waals surface area (Å²) in [6, 6.07) is 15.6. The minimum Gasteiger partial charge on any atom is -0.368 e. The molecule has 3 aromatic rings. The molecule has 0 amide bonds. The Morgan fingerprint density at radius 3 is 2.53 bits per heavy atom. The predicted molar refractivity (Wildman–Crippen MR) is 123 cm³/mol. The molecular formula is C22H25Cl2N5O. The van der Waals surface area contributed by atoms with E-state index in [-0.39, 0.29) is 0 Å². The first-order valence-electron chi connectivity index (χ1n) is 10.2. The maximum absolute atomic E-state index is 6.36. The summed E-state index contributed by atoms with van der Waals surface area (Å²) in [4.78, 5) is 9.20. The lowest BCUT2D eigenvalue weighted by Crippen LogP contribution is -2.46. The Hall–Kier alpha value is -2.28. The van der Waals surface area contributed by atoms with Crippen molar-refractivity contribution in [1.29, 1.82) is 0 Å². The summed E-state index contributed by atoms with van der Waals surface area (Å²) in [5.41, 5.74) is 1.96. The van der Waals surface area contributed by atoms with Crippen LogP contribution in [0.15, 0.2) is 53.1 Å². The smallest absolute Gasteiger partial charge is 0.263 e. The van der Waals surface area contributed by atoms with Crippen molar-refractivity contribution in [3.8, 4) is 11.5 Å². The first kappa shape index (κ1) is 21.0. The summed E-state index contributed by atoms with van der Waals surface area (Å²) in [5, 5.41) is 8.50. The van der Waals surface area contributed by atoms with Gasteiger partial charge in [0.1, 0.15) is 0 Å². The Morgan fingerprint density at radius 2 is 1.73 bits per heavy atom. The molecule has 30 heavy (non-hydrogen) atoms. The molecule has 1 aliphatic heterocycles. The van der Waals surface area contributed by atoms with Gasteiger partial charge in [0.05, 0.1) is 15.7 Å². The summed E-state index contributed by atoms with van der Waals surface area (Å²) < 4.78 is 5.31. The number of hydrogen-bond acceptors (Lipinski definition) is 6. The van der Waals surface area contributed by atoms with Gasteiger partial charge in [-0.25, -0.2) is 0 Å². The summed E-state index contributed by atoms with van der Waals surface area (Å²) in [6.07, 6.45) is 2.17. The van der Waals surface area contributed by atoms with Crippen LogP contribution in [0.4, 0.5) is 11.6 Å². The summed E-state index contributed by atoms with van der Waals surface area (Å²) >= 11 is 12.5. The van der Waals surface area contributed by atoms with Gasteiger partial charge in [-0.15, -0.1) is 0 Å². The number of hydrogen-bond donors (Lipinski definition) is 1. The quantitative estimate of drug-likeness (QED) is 0.489. The van der Waals surface area contributed by atoms with E-state index in [0.29, 0.717) is 21.9 Å². The van der Waals surface area contributed by atoms with Crippen molar-refractivity contribution in [3.05, 3.63) is 58.6 Å². The van der Waals surface area contributed by atoms with Gasteiger partial charge in [0.15, 0.2) is 0 Å². The molecular weight excluding hydrogens is 421 g/mol. The number of aromatic nitrogens is 2. The third-order valence-corrected chi connectivity index (χ3v) is 6.08. The third-order valence-electron chi connectivity index (χ3n) is 5.28. The molecule has 1 fully saturated rings. The Balaban J connectivity index is 1.14. The molecule has 158 valence electrons. The van der Waals surface area contributed by atoms with Crippen LogP contribution in [-0.4, -0.2) is 54.3 Å². The maximum Gasteiger partial charge on any atom is 0.263 e. The van der Waals surface area contributed by atoms with Gasteiger partial charge in [-0.2, -0.15) is 4.98 Å². The number of nitrogens with one attached hydrogen (secondary N) is 1. The zero-order chi connectivity index (χ0) is 20.8. The van der Waals surface area contributed by atoms with E-state index in [4.69, 9.17) is 27.7 Å². The largest absolute Gasteiger partial charge is 0.368 e. The topological polar surface area (TPSA) is 57.4 Å². The molecule has 6 nitrogen and oxygen atoms in total. The number of anilines is 2. The minimum absolute atomic E-state index is 0.538. The van der Waals surface area contributed by atoms with Crippen LogP contribution in [0.2, 0.25) is 10.0 Å². The molecule has 0 saturated carbocycles. The Kier molecular flexibility index (Phi) is 7.10. The summed E-state index contributed by atoms with van der Waals surface area (Å²) in [6.45, 7) is 5.89. The normalized spacial score (nSPS) is 14.8. The average Bonchev–Trinajstić information content (AvgIpc) is 3.26. The summed E-state index contributed by atoms with van der Waals surface area (Å²) in [7, 11) is 0. The predicted octanol–water partition coefficient (Wildman–Crippen LogP) is 5.06. The van der Waals surface area contributed by atoms with Gasteiger partial charge in [0.2, 0.25) is 0 Å². The molecule has 0 spiro atoms.